The van der Waals surface area contributed by atoms with E-state index >= 15 is 0 Å². The highest BCUT2D eigenvalue weighted by molar-refractivity contribution is 7.76. The lowest BCUT2D eigenvalue weighted by molar-refractivity contribution is 0.0962. The number of hydrogen-bond donors (Lipinski definition) is 2. The Morgan fingerprint density at radius 1 is 1.89 bits per heavy atom. The average Bonchev–Trinajstić information content (AvgIpc) is 1.80. The van der Waals surface area contributed by atoms with Gasteiger partial charge in [0.05, 0.1) is 6.61 Å². The van der Waals surface area contributed by atoms with Crippen LogP contribution in [0.25, 0.3) is 0 Å². The first-order chi connectivity index (χ1) is 4.27. The van der Waals surface area contributed by atoms with Crippen molar-refractivity contribution in [2.45, 2.75) is 6.42 Å². The highest BCUT2D eigenvalue weighted by Crippen LogP contribution is 1.78. The minimum Gasteiger partial charge on any atom is -0.292 e. The largest absolute Gasteiger partial charge is 0.292 e. The topological polar surface area (TPSA) is 58.6 Å². The molecule has 0 aliphatic heterocycles. The normalized spacial score (nSPS) is 13.0. The summed E-state index contributed by atoms with van der Waals surface area (Å²) < 4.78 is 17.9. The standard InChI is InChI=1S/C4H9NO3S/c1-2-3-4-8-5-9(6)7/h2,5H,1,3-4H2,(H,6,7). The summed E-state index contributed by atoms with van der Waals surface area (Å²) in [7, 11) is 0. The van der Waals surface area contributed by atoms with Crippen LogP contribution < -0.4 is 4.89 Å². The molecular formula is C4H9NO3S. The maximum Gasteiger partial charge on any atom is 0.256 e. The molecule has 0 aliphatic carbocycles. The number of rotatable bonds is 5. The van der Waals surface area contributed by atoms with Gasteiger partial charge in [0.1, 0.15) is 0 Å². The Morgan fingerprint density at radius 2 is 2.56 bits per heavy atom. The van der Waals surface area contributed by atoms with Crippen LogP contribution in [0, 0.1) is 0 Å². The van der Waals surface area contributed by atoms with Gasteiger partial charge < -0.3 is 0 Å². The Morgan fingerprint density at radius 3 is 3.00 bits per heavy atom. The molecule has 0 aromatic heterocycles. The molecule has 0 radical (unpaired) electrons. The zero-order chi connectivity index (χ0) is 7.11. The predicted molar refractivity (Wildman–Crippen MR) is 34.7 cm³/mol. The summed E-state index contributed by atoms with van der Waals surface area (Å²) in [6.07, 6.45) is 2.31. The van der Waals surface area contributed by atoms with E-state index in [0.717, 1.165) is 0 Å². The van der Waals surface area contributed by atoms with Gasteiger partial charge in [-0.25, -0.2) is 4.21 Å². The SMILES string of the molecule is C=CCCONS(=O)O. The van der Waals surface area contributed by atoms with Crippen LogP contribution in [0.5, 0.6) is 0 Å². The van der Waals surface area contributed by atoms with Crippen LogP contribution in [-0.2, 0) is 16.1 Å². The Hall–Kier alpha value is -0.230. The van der Waals surface area contributed by atoms with E-state index in [9.17, 15) is 4.21 Å². The van der Waals surface area contributed by atoms with Crippen LogP contribution >= 0.6 is 0 Å². The summed E-state index contributed by atoms with van der Waals surface area (Å²) in [5.74, 6) is 0. The fourth-order valence-electron chi connectivity index (χ4n) is 0.234. The Bertz CT molecular complexity index is 106. The van der Waals surface area contributed by atoms with Crippen molar-refractivity contribution in [2.24, 2.45) is 0 Å². The van der Waals surface area contributed by atoms with Crippen molar-refractivity contribution < 1.29 is 13.6 Å². The van der Waals surface area contributed by atoms with Crippen LogP contribution in [-0.4, -0.2) is 15.4 Å². The van der Waals surface area contributed by atoms with Crippen LogP contribution in [0.2, 0.25) is 0 Å². The summed E-state index contributed by atoms with van der Waals surface area (Å²) in [6.45, 7) is 3.79. The molecule has 4 nitrogen and oxygen atoms in total. The quantitative estimate of drug-likeness (QED) is 0.256. The van der Waals surface area contributed by atoms with Crippen molar-refractivity contribution in [3.05, 3.63) is 12.7 Å². The van der Waals surface area contributed by atoms with Gasteiger partial charge in [-0.2, -0.15) is 0 Å². The highest BCUT2D eigenvalue weighted by Gasteiger charge is 1.87. The van der Waals surface area contributed by atoms with Gasteiger partial charge in [0, 0.05) is 0 Å². The van der Waals surface area contributed by atoms with Crippen LogP contribution in [0.3, 0.4) is 0 Å². The first kappa shape index (κ1) is 8.77. The third-order valence-electron chi connectivity index (χ3n) is 0.554. The van der Waals surface area contributed by atoms with Gasteiger partial charge in [-0.05, 0) is 6.42 Å². The molecule has 0 rings (SSSR count). The smallest absolute Gasteiger partial charge is 0.256 e. The highest BCUT2D eigenvalue weighted by atomic mass is 32.2. The summed E-state index contributed by atoms with van der Waals surface area (Å²) in [6, 6.07) is 0. The average molecular weight is 151 g/mol. The van der Waals surface area contributed by atoms with E-state index in [0.29, 0.717) is 13.0 Å². The van der Waals surface area contributed by atoms with Crippen molar-refractivity contribution >= 4 is 11.3 Å². The van der Waals surface area contributed by atoms with Gasteiger partial charge in [0.25, 0.3) is 11.3 Å². The fraction of sp³-hybridized carbons (Fsp3) is 0.500. The summed E-state index contributed by atoms with van der Waals surface area (Å²) >= 11 is -2.08. The number of nitrogens with one attached hydrogen (secondary N) is 1. The molecule has 0 aromatic carbocycles. The lowest BCUT2D eigenvalue weighted by Gasteiger charge is -1.96. The number of hydrogen-bond acceptors (Lipinski definition) is 2. The zero-order valence-corrected chi connectivity index (χ0v) is 5.69. The van der Waals surface area contributed by atoms with Crippen molar-refractivity contribution in [1.82, 2.24) is 4.89 Å². The van der Waals surface area contributed by atoms with Gasteiger partial charge in [-0.15, -0.1) is 6.58 Å². The van der Waals surface area contributed by atoms with E-state index in [1.165, 1.54) is 0 Å². The van der Waals surface area contributed by atoms with Gasteiger partial charge in [0.15, 0.2) is 0 Å². The molecule has 5 heteroatoms. The maximum atomic E-state index is 9.81. The summed E-state index contributed by atoms with van der Waals surface area (Å²) in [5.41, 5.74) is 0. The molecular weight excluding hydrogens is 142 g/mol. The van der Waals surface area contributed by atoms with Gasteiger partial charge >= 0.3 is 0 Å². The third-order valence-corrected chi connectivity index (χ3v) is 0.815. The first-order valence-electron chi connectivity index (χ1n) is 2.36. The molecule has 0 fully saturated rings. The van der Waals surface area contributed by atoms with E-state index in [2.05, 4.69) is 11.4 Å². The van der Waals surface area contributed by atoms with Gasteiger partial charge in [-0.1, -0.05) is 11.0 Å². The molecule has 54 valence electrons. The Labute approximate surface area is 56.3 Å². The molecule has 2 N–H and O–H groups in total. The Kier molecular flexibility index (Phi) is 5.75. The molecule has 0 aromatic rings. The predicted octanol–water partition coefficient (Wildman–Crippen LogP) is 0.220. The van der Waals surface area contributed by atoms with Crippen LogP contribution in [0.15, 0.2) is 12.7 Å². The van der Waals surface area contributed by atoms with E-state index < -0.39 is 11.3 Å². The van der Waals surface area contributed by atoms with Gasteiger partial charge in [0.2, 0.25) is 0 Å². The molecule has 9 heavy (non-hydrogen) atoms. The molecule has 0 saturated carbocycles. The monoisotopic (exact) mass is 151 g/mol. The van der Waals surface area contributed by atoms with E-state index in [1.54, 1.807) is 6.08 Å². The van der Waals surface area contributed by atoms with E-state index in [-0.39, 0.29) is 0 Å². The van der Waals surface area contributed by atoms with E-state index in [1.807, 2.05) is 4.89 Å². The third kappa shape index (κ3) is 7.77. The van der Waals surface area contributed by atoms with Crippen molar-refractivity contribution in [3.63, 3.8) is 0 Å². The van der Waals surface area contributed by atoms with Crippen molar-refractivity contribution in [3.8, 4) is 0 Å². The summed E-state index contributed by atoms with van der Waals surface area (Å²) in [4.78, 5) is 6.32. The molecule has 0 heterocycles. The lowest BCUT2D eigenvalue weighted by Crippen LogP contribution is -2.16. The van der Waals surface area contributed by atoms with Crippen LogP contribution in [0.1, 0.15) is 6.42 Å². The van der Waals surface area contributed by atoms with Crippen LogP contribution in [0.4, 0.5) is 0 Å². The second-order valence-electron chi connectivity index (χ2n) is 1.26. The molecule has 1 unspecified atom stereocenters. The minimum absolute atomic E-state index is 0.357. The second kappa shape index (κ2) is 5.90. The first-order valence-corrected chi connectivity index (χ1v) is 3.47. The Balaban J connectivity index is 2.91. The fourth-order valence-corrected chi connectivity index (χ4v) is 0.418. The van der Waals surface area contributed by atoms with E-state index in [4.69, 9.17) is 4.55 Å². The summed E-state index contributed by atoms with van der Waals surface area (Å²) in [5, 5.41) is 0. The van der Waals surface area contributed by atoms with Crippen molar-refractivity contribution in [2.75, 3.05) is 6.61 Å². The molecule has 0 bridgehead atoms. The second-order valence-corrected chi connectivity index (χ2v) is 1.92. The minimum atomic E-state index is -2.08. The molecule has 0 saturated heterocycles. The lowest BCUT2D eigenvalue weighted by atomic mass is 10.5. The molecule has 0 amide bonds. The van der Waals surface area contributed by atoms with Crippen molar-refractivity contribution in [1.29, 1.82) is 0 Å². The molecule has 0 aliphatic rings. The molecule has 1 atom stereocenters. The van der Waals surface area contributed by atoms with Gasteiger partial charge in [-0.3, -0.25) is 9.39 Å². The maximum absolute atomic E-state index is 9.81. The zero-order valence-electron chi connectivity index (χ0n) is 4.87. The molecule has 0 spiro atoms.